The number of carbonyl (C=O) groups excluding carboxylic acids is 2. The van der Waals surface area contributed by atoms with Crippen molar-refractivity contribution >= 4 is 23.7 Å². The second kappa shape index (κ2) is 6.34. The van der Waals surface area contributed by atoms with Crippen LogP contribution in [0, 0.1) is 20.8 Å². The number of urea groups is 1. The molecule has 8 heteroatoms. The molecule has 2 aliphatic heterocycles. The number of carbonyl (C=O) groups is 2. The molecule has 1 fully saturated rings. The Kier molecular flexibility index (Phi) is 4.46. The van der Waals surface area contributed by atoms with Crippen molar-refractivity contribution in [2.75, 3.05) is 13.6 Å². The Hall–Kier alpha value is -2.51. The number of aromatic nitrogens is 2. The van der Waals surface area contributed by atoms with Gasteiger partial charge in [0.25, 0.3) is 5.91 Å². The quantitative estimate of drug-likeness (QED) is 0.768. The lowest BCUT2D eigenvalue weighted by Crippen LogP contribution is -2.63. The summed E-state index contributed by atoms with van der Waals surface area (Å²) in [7, 11) is 1.68. The molecular formula is C18H27N6O2+. The maximum atomic E-state index is 13.1. The van der Waals surface area contributed by atoms with Crippen LogP contribution in [-0.4, -0.2) is 73.6 Å². The summed E-state index contributed by atoms with van der Waals surface area (Å²) in [4.78, 5) is 33.2. The number of rotatable bonds is 3. The van der Waals surface area contributed by atoms with E-state index in [2.05, 4.69) is 5.10 Å². The molecule has 3 rings (SSSR count). The van der Waals surface area contributed by atoms with E-state index in [-0.39, 0.29) is 18.0 Å². The van der Waals surface area contributed by atoms with Crippen LogP contribution in [0.2, 0.25) is 0 Å². The van der Waals surface area contributed by atoms with Crippen LogP contribution in [-0.2, 0) is 4.79 Å². The highest BCUT2D eigenvalue weighted by atomic mass is 16.2. The average molecular weight is 359 g/mol. The normalized spacial score (nSPS) is 20.5. The zero-order valence-corrected chi connectivity index (χ0v) is 16.6. The highest BCUT2D eigenvalue weighted by Gasteiger charge is 2.53. The van der Waals surface area contributed by atoms with Crippen molar-refractivity contribution in [2.45, 2.75) is 60.0 Å². The third-order valence-electron chi connectivity index (χ3n) is 5.18. The molecule has 0 N–H and O–H groups in total. The summed E-state index contributed by atoms with van der Waals surface area (Å²) >= 11 is 0. The lowest BCUT2D eigenvalue weighted by atomic mass is 10.1. The van der Waals surface area contributed by atoms with Gasteiger partial charge in [0.1, 0.15) is 5.69 Å². The number of fused-ring (bicyclic) bond motifs is 1. The van der Waals surface area contributed by atoms with Gasteiger partial charge < -0.3 is 0 Å². The van der Waals surface area contributed by atoms with Crippen molar-refractivity contribution in [3.63, 3.8) is 0 Å². The van der Waals surface area contributed by atoms with E-state index in [1.54, 1.807) is 11.7 Å². The zero-order chi connectivity index (χ0) is 19.3. The number of amidine groups is 1. The Morgan fingerprint density at radius 2 is 1.85 bits per heavy atom. The van der Waals surface area contributed by atoms with Crippen LogP contribution < -0.4 is 0 Å². The van der Waals surface area contributed by atoms with Gasteiger partial charge in [-0.3, -0.25) is 14.6 Å². The molecular weight excluding hydrogens is 332 g/mol. The topological polar surface area (TPSA) is 73.8 Å². The molecule has 1 saturated heterocycles. The van der Waals surface area contributed by atoms with E-state index < -0.39 is 6.04 Å². The van der Waals surface area contributed by atoms with Crippen molar-refractivity contribution in [1.82, 2.24) is 19.6 Å². The van der Waals surface area contributed by atoms with E-state index in [1.807, 2.05) is 46.1 Å². The fourth-order valence-corrected chi connectivity index (χ4v) is 3.50. The number of aliphatic imine (C=N–C) groups is 1. The van der Waals surface area contributed by atoms with Gasteiger partial charge in [0.15, 0.2) is 0 Å². The Morgan fingerprint density at radius 1 is 1.19 bits per heavy atom. The molecule has 1 aromatic heterocycles. The smallest absolute Gasteiger partial charge is 0.270 e. The minimum absolute atomic E-state index is 0.0227. The second-order valence-electron chi connectivity index (χ2n) is 7.21. The predicted octanol–water partition coefficient (Wildman–Crippen LogP) is 1.52. The summed E-state index contributed by atoms with van der Waals surface area (Å²) < 4.78 is 3.74. The van der Waals surface area contributed by atoms with E-state index in [9.17, 15) is 9.59 Å². The molecule has 0 aliphatic carbocycles. The zero-order valence-electron chi connectivity index (χ0n) is 16.6. The van der Waals surface area contributed by atoms with Gasteiger partial charge in [-0.25, -0.2) is 9.37 Å². The molecule has 0 radical (unpaired) electrons. The first kappa shape index (κ1) is 18.3. The summed E-state index contributed by atoms with van der Waals surface area (Å²) in [5.74, 6) is 0.858. The highest BCUT2D eigenvalue weighted by molar-refractivity contribution is 6.23. The van der Waals surface area contributed by atoms with Crippen molar-refractivity contribution < 1.29 is 14.2 Å². The summed E-state index contributed by atoms with van der Waals surface area (Å²) in [6, 6.07) is -0.890. The predicted molar refractivity (Wildman–Crippen MR) is 98.6 cm³/mol. The second-order valence-corrected chi connectivity index (χ2v) is 7.21. The first-order valence-corrected chi connectivity index (χ1v) is 9.06. The van der Waals surface area contributed by atoms with Crippen LogP contribution in [0.1, 0.15) is 44.1 Å². The summed E-state index contributed by atoms with van der Waals surface area (Å²) in [5, 5.41) is 4.61. The number of imide groups is 1. The maximum absolute atomic E-state index is 13.1. The molecule has 1 aromatic rings. The fraction of sp³-hybridized carbons (Fsp3) is 0.611. The SMILES string of the molecule is CCCN1C(=O)C2C(=NC(n3nc(C)c(C)c3C)=[N+]2C(C)C)N(C)C1=O. The monoisotopic (exact) mass is 359 g/mol. The minimum atomic E-state index is -0.594. The molecule has 1 atom stereocenters. The lowest BCUT2D eigenvalue weighted by molar-refractivity contribution is -0.567. The number of hydrogen-bond donors (Lipinski definition) is 0. The first-order valence-electron chi connectivity index (χ1n) is 9.06. The number of amides is 3. The molecule has 140 valence electrons. The third-order valence-corrected chi connectivity index (χ3v) is 5.18. The van der Waals surface area contributed by atoms with Crippen LogP contribution >= 0.6 is 0 Å². The van der Waals surface area contributed by atoms with Crippen molar-refractivity contribution in [3.05, 3.63) is 17.0 Å². The average Bonchev–Trinajstić information content (AvgIpc) is 3.10. The van der Waals surface area contributed by atoms with E-state index in [4.69, 9.17) is 4.99 Å². The maximum Gasteiger partial charge on any atom is 0.421 e. The van der Waals surface area contributed by atoms with Gasteiger partial charge in [-0.1, -0.05) is 11.9 Å². The Morgan fingerprint density at radius 3 is 2.35 bits per heavy atom. The molecule has 8 nitrogen and oxygen atoms in total. The molecule has 0 spiro atoms. The summed E-state index contributed by atoms with van der Waals surface area (Å²) in [6.45, 7) is 12.4. The summed E-state index contributed by atoms with van der Waals surface area (Å²) in [6.07, 6.45) is 0.722. The molecule has 26 heavy (non-hydrogen) atoms. The number of hydrogen-bond acceptors (Lipinski definition) is 4. The van der Waals surface area contributed by atoms with Crippen LogP contribution in [0.25, 0.3) is 0 Å². The van der Waals surface area contributed by atoms with Gasteiger partial charge in [0, 0.05) is 19.2 Å². The molecule has 3 heterocycles. The minimum Gasteiger partial charge on any atom is -0.270 e. The highest BCUT2D eigenvalue weighted by Crippen LogP contribution is 2.23. The fourth-order valence-electron chi connectivity index (χ4n) is 3.50. The molecule has 0 saturated carbocycles. The van der Waals surface area contributed by atoms with Crippen molar-refractivity contribution in [2.24, 2.45) is 4.99 Å². The van der Waals surface area contributed by atoms with Crippen LogP contribution in [0.15, 0.2) is 4.99 Å². The van der Waals surface area contributed by atoms with Crippen molar-refractivity contribution in [1.29, 1.82) is 0 Å². The van der Waals surface area contributed by atoms with E-state index >= 15 is 0 Å². The van der Waals surface area contributed by atoms with Crippen LogP contribution in [0.3, 0.4) is 0 Å². The molecule has 3 amide bonds. The van der Waals surface area contributed by atoms with Gasteiger partial charge in [-0.05, 0) is 41.0 Å². The Labute approximate surface area is 153 Å². The molecule has 2 aliphatic rings. The van der Waals surface area contributed by atoms with E-state index in [1.165, 1.54) is 9.80 Å². The van der Waals surface area contributed by atoms with Crippen LogP contribution in [0.5, 0.6) is 0 Å². The molecule has 1 unspecified atom stereocenters. The first-order chi connectivity index (χ1) is 12.2. The van der Waals surface area contributed by atoms with Gasteiger partial charge in [-0.2, -0.15) is 0 Å². The van der Waals surface area contributed by atoms with E-state index in [0.29, 0.717) is 18.3 Å². The van der Waals surface area contributed by atoms with Crippen molar-refractivity contribution in [3.8, 4) is 0 Å². The van der Waals surface area contributed by atoms with Gasteiger partial charge >= 0.3 is 12.0 Å². The summed E-state index contributed by atoms with van der Waals surface area (Å²) in [5.41, 5.74) is 3.01. The largest absolute Gasteiger partial charge is 0.421 e. The third kappa shape index (κ3) is 2.47. The Balaban J connectivity index is 2.19. The van der Waals surface area contributed by atoms with E-state index in [0.717, 1.165) is 23.4 Å². The van der Waals surface area contributed by atoms with Gasteiger partial charge in [-0.15, -0.1) is 9.78 Å². The number of nitrogens with zero attached hydrogens (tertiary/aromatic N) is 6. The van der Waals surface area contributed by atoms with Gasteiger partial charge in [0.2, 0.25) is 11.9 Å². The van der Waals surface area contributed by atoms with Gasteiger partial charge in [0.05, 0.1) is 11.7 Å². The standard InChI is InChI=1S/C18H27N6O2/c1-8-9-22-16(25)14-15(21(7)18(22)26)19-17(23(14)10(2)3)24-13(6)11(4)12(5)20-24/h10,14H,8-9H2,1-7H3/q+1. The number of aryl methyl sites for hydroxylation is 1. The molecule has 0 aromatic carbocycles. The molecule has 0 bridgehead atoms. The van der Waals surface area contributed by atoms with Crippen LogP contribution in [0.4, 0.5) is 4.79 Å². The Bertz CT molecular complexity index is 848. The lowest BCUT2D eigenvalue weighted by Gasteiger charge is -2.34. The number of likely N-dealkylation sites (N-methyl/N-ethyl adjacent to an activating group) is 1.